The van der Waals surface area contributed by atoms with E-state index in [0.29, 0.717) is 25.2 Å². The number of anilines is 1. The fraction of sp³-hybridized carbons (Fsp3) is 0.579. The van der Waals surface area contributed by atoms with Crippen molar-refractivity contribution >= 4 is 28.4 Å². The highest BCUT2D eigenvalue weighted by atomic mass is 32.1. The number of nitrogens with zero attached hydrogens (tertiary/aromatic N) is 4. The molecule has 4 heterocycles. The summed E-state index contributed by atoms with van der Waals surface area (Å²) >= 11 is 1.68. The molecule has 0 radical (unpaired) electrons. The number of hydrogen-bond donors (Lipinski definition) is 3. The van der Waals surface area contributed by atoms with Crippen LogP contribution in [0.3, 0.4) is 0 Å². The molecular formula is C19H27N7O2S. The molecule has 2 aliphatic rings. The van der Waals surface area contributed by atoms with E-state index in [0.717, 1.165) is 48.9 Å². The number of aromatic nitrogens is 3. The average molecular weight is 418 g/mol. The number of rotatable bonds is 6. The second-order valence-corrected chi connectivity index (χ2v) is 8.48. The number of carbonyl (C=O) groups excluding carboxylic acids is 2. The summed E-state index contributed by atoms with van der Waals surface area (Å²) in [4.78, 5) is 33.0. The Hall–Kier alpha value is -2.62. The van der Waals surface area contributed by atoms with Crippen molar-refractivity contribution in [3.05, 3.63) is 28.5 Å². The molecule has 9 nitrogen and oxygen atoms in total. The number of likely N-dealkylation sites (tertiary alicyclic amines) is 1. The third-order valence-corrected chi connectivity index (χ3v) is 6.57. The lowest BCUT2D eigenvalue weighted by Gasteiger charge is -2.32. The number of H-pyrrole nitrogens is 1. The van der Waals surface area contributed by atoms with Crippen LogP contribution < -0.4 is 16.0 Å². The van der Waals surface area contributed by atoms with E-state index in [-0.39, 0.29) is 11.9 Å². The van der Waals surface area contributed by atoms with Gasteiger partial charge in [-0.2, -0.15) is 5.10 Å². The van der Waals surface area contributed by atoms with Crippen LogP contribution in [-0.4, -0.2) is 64.7 Å². The highest BCUT2D eigenvalue weighted by Gasteiger charge is 2.28. The predicted octanol–water partition coefficient (Wildman–Crippen LogP) is 1.70. The Balaban J connectivity index is 1.27. The summed E-state index contributed by atoms with van der Waals surface area (Å²) in [6.07, 6.45) is 6.42. The highest BCUT2D eigenvalue weighted by molar-refractivity contribution is 7.13. The zero-order valence-corrected chi connectivity index (χ0v) is 17.2. The molecule has 0 unspecified atom stereocenters. The smallest absolute Gasteiger partial charge is 0.317 e. The van der Waals surface area contributed by atoms with Crippen molar-refractivity contribution < 1.29 is 9.59 Å². The summed E-state index contributed by atoms with van der Waals surface area (Å²) in [5.74, 6) is -0.451. The maximum atomic E-state index is 12.6. The second-order valence-electron chi connectivity index (χ2n) is 7.64. The molecule has 0 aromatic carbocycles. The Morgan fingerprint density at radius 1 is 1.28 bits per heavy atom. The molecule has 1 atom stereocenters. The summed E-state index contributed by atoms with van der Waals surface area (Å²) in [5, 5.41) is 13.0. The SMILES string of the molecule is NC(=O)c1cn[nH]c1[C@H]1CCCN(C(=O)NCCc2csc(N3CCCC3)n2)C1. The molecule has 2 aromatic rings. The minimum atomic E-state index is -0.494. The van der Waals surface area contributed by atoms with E-state index in [1.807, 2.05) is 0 Å². The van der Waals surface area contributed by atoms with Crippen LogP contribution in [0.5, 0.6) is 0 Å². The Morgan fingerprint density at radius 3 is 2.90 bits per heavy atom. The molecule has 2 aliphatic heterocycles. The number of nitrogens with one attached hydrogen (secondary N) is 2. The largest absolute Gasteiger partial charge is 0.365 e. The van der Waals surface area contributed by atoms with E-state index in [1.54, 1.807) is 16.2 Å². The first-order chi connectivity index (χ1) is 14.1. The topological polar surface area (TPSA) is 120 Å². The Labute approximate surface area is 173 Å². The Bertz CT molecular complexity index is 858. The standard InChI is InChI=1S/C19H27N7O2S/c20-17(27)15-10-22-24-16(15)13-4-3-9-26(11-13)18(28)21-6-5-14-12-29-19(23-14)25-7-1-2-8-25/h10,12-13H,1-9,11H2,(H2,20,27)(H,21,28)(H,22,24)/t13-/m0/s1. The van der Waals surface area contributed by atoms with Crippen LogP contribution in [0.2, 0.25) is 0 Å². The van der Waals surface area contributed by atoms with Crippen LogP contribution in [-0.2, 0) is 6.42 Å². The number of urea groups is 1. The van der Waals surface area contributed by atoms with Gasteiger partial charge in [0.1, 0.15) is 0 Å². The molecule has 2 fully saturated rings. The van der Waals surface area contributed by atoms with E-state index in [2.05, 4.69) is 25.8 Å². The molecule has 3 amide bonds. The molecule has 10 heteroatoms. The van der Waals surface area contributed by atoms with E-state index in [4.69, 9.17) is 10.7 Å². The van der Waals surface area contributed by atoms with Crippen molar-refractivity contribution in [2.45, 2.75) is 38.0 Å². The van der Waals surface area contributed by atoms with Crippen molar-refractivity contribution in [3.8, 4) is 0 Å². The van der Waals surface area contributed by atoms with Gasteiger partial charge in [-0.1, -0.05) is 0 Å². The minimum absolute atomic E-state index is 0.0426. The molecule has 0 saturated carbocycles. The molecule has 0 spiro atoms. The van der Waals surface area contributed by atoms with Crippen molar-refractivity contribution in [3.63, 3.8) is 0 Å². The van der Waals surface area contributed by atoms with Gasteiger partial charge in [-0.05, 0) is 25.7 Å². The van der Waals surface area contributed by atoms with Gasteiger partial charge in [0.2, 0.25) is 0 Å². The van der Waals surface area contributed by atoms with E-state index in [1.165, 1.54) is 19.0 Å². The maximum absolute atomic E-state index is 12.6. The summed E-state index contributed by atoms with van der Waals surface area (Å²) < 4.78 is 0. The fourth-order valence-electron chi connectivity index (χ4n) is 4.07. The zero-order valence-electron chi connectivity index (χ0n) is 16.4. The van der Waals surface area contributed by atoms with Gasteiger partial charge in [-0.25, -0.2) is 9.78 Å². The molecule has 4 rings (SSSR count). The third-order valence-electron chi connectivity index (χ3n) is 5.62. The third kappa shape index (κ3) is 4.52. The van der Waals surface area contributed by atoms with Gasteiger partial charge >= 0.3 is 6.03 Å². The lowest BCUT2D eigenvalue weighted by Crippen LogP contribution is -2.45. The van der Waals surface area contributed by atoms with Crippen LogP contribution in [0.15, 0.2) is 11.6 Å². The van der Waals surface area contributed by atoms with Gasteiger partial charge in [-0.3, -0.25) is 9.89 Å². The van der Waals surface area contributed by atoms with Crippen LogP contribution in [0.25, 0.3) is 0 Å². The first-order valence-corrected chi connectivity index (χ1v) is 11.0. The van der Waals surface area contributed by atoms with Gasteiger partial charge in [0.25, 0.3) is 5.91 Å². The van der Waals surface area contributed by atoms with E-state index in [9.17, 15) is 9.59 Å². The number of hydrogen-bond acceptors (Lipinski definition) is 6. The number of thiazole rings is 1. The first kappa shape index (κ1) is 19.7. The number of primary amides is 1. The first-order valence-electron chi connectivity index (χ1n) is 10.2. The summed E-state index contributed by atoms with van der Waals surface area (Å²) in [6, 6.07) is -0.0789. The lowest BCUT2D eigenvalue weighted by atomic mass is 9.92. The van der Waals surface area contributed by atoms with Gasteiger partial charge in [0, 0.05) is 50.4 Å². The van der Waals surface area contributed by atoms with E-state index >= 15 is 0 Å². The molecule has 2 aromatic heterocycles. The van der Waals surface area contributed by atoms with Crippen molar-refractivity contribution in [2.75, 3.05) is 37.6 Å². The molecular weight excluding hydrogens is 390 g/mol. The summed E-state index contributed by atoms with van der Waals surface area (Å²) in [6.45, 7) is 3.99. The Kier molecular flexibility index (Phi) is 5.98. The van der Waals surface area contributed by atoms with Crippen molar-refractivity contribution in [1.29, 1.82) is 0 Å². The normalized spacial score (nSPS) is 19.5. The summed E-state index contributed by atoms with van der Waals surface area (Å²) in [5.41, 5.74) is 7.59. The van der Waals surface area contributed by atoms with Gasteiger partial charge in [0.05, 0.1) is 23.1 Å². The quantitative estimate of drug-likeness (QED) is 0.661. The molecule has 29 heavy (non-hydrogen) atoms. The molecule has 0 bridgehead atoms. The maximum Gasteiger partial charge on any atom is 0.317 e. The van der Waals surface area contributed by atoms with Crippen molar-refractivity contribution in [1.82, 2.24) is 25.4 Å². The zero-order chi connectivity index (χ0) is 20.2. The molecule has 156 valence electrons. The number of nitrogens with two attached hydrogens (primary N) is 1. The number of aromatic amines is 1. The van der Waals surface area contributed by atoms with Crippen LogP contribution in [0.1, 0.15) is 53.3 Å². The number of carbonyl (C=O) groups is 2. The second kappa shape index (κ2) is 8.81. The highest BCUT2D eigenvalue weighted by Crippen LogP contribution is 2.28. The van der Waals surface area contributed by atoms with Crippen LogP contribution in [0, 0.1) is 0 Å². The number of piperidine rings is 1. The van der Waals surface area contributed by atoms with Crippen LogP contribution >= 0.6 is 11.3 Å². The molecule has 4 N–H and O–H groups in total. The van der Waals surface area contributed by atoms with Gasteiger partial charge in [-0.15, -0.1) is 11.3 Å². The minimum Gasteiger partial charge on any atom is -0.365 e. The van der Waals surface area contributed by atoms with Gasteiger partial charge < -0.3 is 20.9 Å². The average Bonchev–Trinajstić information content (AvgIpc) is 3.48. The summed E-state index contributed by atoms with van der Waals surface area (Å²) in [7, 11) is 0. The Morgan fingerprint density at radius 2 is 2.10 bits per heavy atom. The monoisotopic (exact) mass is 417 g/mol. The van der Waals surface area contributed by atoms with Gasteiger partial charge in [0.15, 0.2) is 5.13 Å². The van der Waals surface area contributed by atoms with Crippen molar-refractivity contribution in [2.24, 2.45) is 5.73 Å². The lowest BCUT2D eigenvalue weighted by molar-refractivity contribution is 0.0998. The number of amides is 3. The predicted molar refractivity (Wildman–Crippen MR) is 111 cm³/mol. The molecule has 2 saturated heterocycles. The van der Waals surface area contributed by atoms with E-state index < -0.39 is 5.91 Å². The fourth-order valence-corrected chi connectivity index (χ4v) is 4.99. The van der Waals surface area contributed by atoms with Crippen LogP contribution in [0.4, 0.5) is 9.93 Å². The molecule has 0 aliphatic carbocycles.